The van der Waals surface area contributed by atoms with E-state index in [4.69, 9.17) is 4.74 Å². The fourth-order valence-corrected chi connectivity index (χ4v) is 2.82. The summed E-state index contributed by atoms with van der Waals surface area (Å²) in [5.41, 5.74) is 0.725. The molecule has 0 aliphatic rings. The van der Waals surface area contributed by atoms with E-state index in [1.54, 1.807) is 12.1 Å². The fraction of sp³-hybridized carbons (Fsp3) is 0.562. The van der Waals surface area contributed by atoms with Crippen molar-refractivity contribution in [3.63, 3.8) is 0 Å². The zero-order valence-electron chi connectivity index (χ0n) is 12.7. The van der Waals surface area contributed by atoms with Gasteiger partial charge in [0.25, 0.3) is 5.91 Å². The third-order valence-electron chi connectivity index (χ3n) is 2.97. The Balaban J connectivity index is 2.63. The highest BCUT2D eigenvalue weighted by Gasteiger charge is 2.18. The van der Waals surface area contributed by atoms with E-state index in [0.29, 0.717) is 12.1 Å². The molecule has 20 heavy (non-hydrogen) atoms. The minimum absolute atomic E-state index is 0.0538. The maximum atomic E-state index is 12.2. The molecule has 1 N–H and O–H groups in total. The van der Waals surface area contributed by atoms with Gasteiger partial charge in [-0.1, -0.05) is 35.8 Å². The highest BCUT2D eigenvalue weighted by Crippen LogP contribution is 2.20. The molecule has 0 radical (unpaired) electrons. The van der Waals surface area contributed by atoms with Gasteiger partial charge in [0, 0.05) is 17.4 Å². The fourth-order valence-electron chi connectivity index (χ4n) is 1.75. The SMILES string of the molecule is CC(C)Oc1cccc(C(=O)NCC(C)(C)CCBr)c1. The molecule has 0 heterocycles. The Labute approximate surface area is 130 Å². The van der Waals surface area contributed by atoms with Gasteiger partial charge in [0.2, 0.25) is 0 Å². The van der Waals surface area contributed by atoms with Gasteiger partial charge in [-0.2, -0.15) is 0 Å². The van der Waals surface area contributed by atoms with Crippen LogP contribution < -0.4 is 10.1 Å². The Morgan fingerprint density at radius 3 is 2.70 bits per heavy atom. The lowest BCUT2D eigenvalue weighted by atomic mass is 9.90. The molecule has 4 heteroatoms. The van der Waals surface area contributed by atoms with Crippen LogP contribution in [-0.2, 0) is 0 Å². The van der Waals surface area contributed by atoms with E-state index in [-0.39, 0.29) is 17.4 Å². The zero-order valence-corrected chi connectivity index (χ0v) is 14.3. The van der Waals surface area contributed by atoms with E-state index >= 15 is 0 Å². The molecule has 1 rings (SSSR count). The molecular weight excluding hydrogens is 318 g/mol. The van der Waals surface area contributed by atoms with Crippen LogP contribution in [0.15, 0.2) is 24.3 Å². The minimum atomic E-state index is -0.0538. The largest absolute Gasteiger partial charge is 0.491 e. The molecule has 0 atom stereocenters. The van der Waals surface area contributed by atoms with Crippen molar-refractivity contribution in [2.75, 3.05) is 11.9 Å². The van der Waals surface area contributed by atoms with Crippen LogP contribution in [0.3, 0.4) is 0 Å². The van der Waals surface area contributed by atoms with Crippen molar-refractivity contribution in [2.24, 2.45) is 5.41 Å². The van der Waals surface area contributed by atoms with Gasteiger partial charge in [-0.3, -0.25) is 4.79 Å². The number of carbonyl (C=O) groups excluding carboxylic acids is 1. The van der Waals surface area contributed by atoms with Gasteiger partial charge < -0.3 is 10.1 Å². The zero-order chi connectivity index (χ0) is 15.2. The molecule has 3 nitrogen and oxygen atoms in total. The van der Waals surface area contributed by atoms with Crippen LogP contribution in [0.1, 0.15) is 44.5 Å². The summed E-state index contributed by atoms with van der Waals surface area (Å²) in [7, 11) is 0. The molecule has 0 unspecified atom stereocenters. The van der Waals surface area contributed by atoms with E-state index in [1.807, 2.05) is 26.0 Å². The Kier molecular flexibility index (Phi) is 6.53. The summed E-state index contributed by atoms with van der Waals surface area (Å²) in [5, 5.41) is 3.93. The van der Waals surface area contributed by atoms with E-state index in [9.17, 15) is 4.79 Å². The molecule has 1 aromatic rings. The highest BCUT2D eigenvalue weighted by atomic mass is 79.9. The van der Waals surface area contributed by atoms with Crippen LogP contribution in [0.2, 0.25) is 0 Å². The van der Waals surface area contributed by atoms with Crippen LogP contribution in [0, 0.1) is 5.41 Å². The highest BCUT2D eigenvalue weighted by molar-refractivity contribution is 9.09. The number of nitrogens with one attached hydrogen (secondary N) is 1. The van der Waals surface area contributed by atoms with E-state index in [0.717, 1.165) is 17.5 Å². The lowest BCUT2D eigenvalue weighted by Crippen LogP contribution is -2.34. The first-order valence-corrected chi connectivity index (χ1v) is 8.07. The van der Waals surface area contributed by atoms with Crippen LogP contribution in [-0.4, -0.2) is 23.9 Å². The topological polar surface area (TPSA) is 38.3 Å². The third-order valence-corrected chi connectivity index (χ3v) is 3.36. The van der Waals surface area contributed by atoms with E-state index < -0.39 is 0 Å². The third kappa shape index (κ3) is 5.95. The first-order valence-electron chi connectivity index (χ1n) is 6.95. The quantitative estimate of drug-likeness (QED) is 0.760. The van der Waals surface area contributed by atoms with Crippen molar-refractivity contribution in [2.45, 2.75) is 40.2 Å². The average molecular weight is 342 g/mol. The van der Waals surface area contributed by atoms with Gasteiger partial charge in [0.1, 0.15) is 5.75 Å². The van der Waals surface area contributed by atoms with Gasteiger partial charge in [-0.25, -0.2) is 0 Å². The normalized spacial score (nSPS) is 11.5. The number of hydrogen-bond acceptors (Lipinski definition) is 2. The summed E-state index contributed by atoms with van der Waals surface area (Å²) < 4.78 is 5.60. The Hall–Kier alpha value is -1.03. The van der Waals surface area contributed by atoms with Crippen LogP contribution in [0.25, 0.3) is 0 Å². The van der Waals surface area contributed by atoms with Crippen LogP contribution in [0.4, 0.5) is 0 Å². The first-order chi connectivity index (χ1) is 9.34. The maximum Gasteiger partial charge on any atom is 0.251 e. The van der Waals surface area contributed by atoms with Gasteiger partial charge in [-0.05, 0) is 43.9 Å². The second-order valence-corrected chi connectivity index (χ2v) is 6.77. The van der Waals surface area contributed by atoms with Crippen molar-refractivity contribution >= 4 is 21.8 Å². The number of alkyl halides is 1. The van der Waals surface area contributed by atoms with Gasteiger partial charge in [-0.15, -0.1) is 0 Å². The summed E-state index contributed by atoms with van der Waals surface area (Å²) in [5.74, 6) is 0.675. The number of hydrogen-bond donors (Lipinski definition) is 1. The summed E-state index contributed by atoms with van der Waals surface area (Å²) >= 11 is 3.44. The maximum absolute atomic E-state index is 12.2. The summed E-state index contributed by atoms with van der Waals surface area (Å²) in [4.78, 5) is 12.2. The summed E-state index contributed by atoms with van der Waals surface area (Å²) in [6, 6.07) is 7.30. The predicted octanol–water partition coefficient (Wildman–Crippen LogP) is 4.01. The van der Waals surface area contributed by atoms with Crippen molar-refractivity contribution in [1.29, 1.82) is 0 Å². The van der Waals surface area contributed by atoms with E-state index in [1.165, 1.54) is 0 Å². The average Bonchev–Trinajstić information content (AvgIpc) is 2.35. The van der Waals surface area contributed by atoms with Gasteiger partial charge in [0.05, 0.1) is 6.10 Å². The Bertz CT molecular complexity index is 444. The second kappa shape index (κ2) is 7.67. The number of amides is 1. The van der Waals surface area contributed by atoms with Crippen molar-refractivity contribution in [3.05, 3.63) is 29.8 Å². The molecule has 0 bridgehead atoms. The molecule has 112 valence electrons. The molecule has 0 aliphatic heterocycles. The molecule has 0 aliphatic carbocycles. The van der Waals surface area contributed by atoms with Crippen molar-refractivity contribution < 1.29 is 9.53 Å². The van der Waals surface area contributed by atoms with Crippen LogP contribution >= 0.6 is 15.9 Å². The Morgan fingerprint density at radius 1 is 1.40 bits per heavy atom. The molecule has 0 fully saturated rings. The van der Waals surface area contributed by atoms with Gasteiger partial charge in [0.15, 0.2) is 0 Å². The smallest absolute Gasteiger partial charge is 0.251 e. The van der Waals surface area contributed by atoms with Crippen molar-refractivity contribution in [1.82, 2.24) is 5.32 Å². The number of ether oxygens (including phenoxy) is 1. The lowest BCUT2D eigenvalue weighted by Gasteiger charge is -2.23. The summed E-state index contributed by atoms with van der Waals surface area (Å²) in [6.45, 7) is 8.89. The molecule has 1 amide bonds. The molecule has 0 saturated heterocycles. The van der Waals surface area contributed by atoms with Crippen molar-refractivity contribution in [3.8, 4) is 5.75 Å². The van der Waals surface area contributed by atoms with Gasteiger partial charge >= 0.3 is 0 Å². The molecule has 0 aromatic heterocycles. The molecule has 0 spiro atoms. The standard InChI is InChI=1S/C16H24BrNO2/c1-12(2)20-14-7-5-6-13(10-14)15(19)18-11-16(3,4)8-9-17/h5-7,10,12H,8-9,11H2,1-4H3,(H,18,19). The van der Waals surface area contributed by atoms with E-state index in [2.05, 4.69) is 35.1 Å². The monoisotopic (exact) mass is 341 g/mol. The predicted molar refractivity (Wildman–Crippen MR) is 86.7 cm³/mol. The number of benzene rings is 1. The van der Waals surface area contributed by atoms with Crippen LogP contribution in [0.5, 0.6) is 5.75 Å². The minimum Gasteiger partial charge on any atom is -0.491 e. The number of halogens is 1. The molecular formula is C16H24BrNO2. The number of rotatable bonds is 7. The second-order valence-electron chi connectivity index (χ2n) is 5.98. The lowest BCUT2D eigenvalue weighted by molar-refractivity contribution is 0.0935. The Morgan fingerprint density at radius 2 is 2.10 bits per heavy atom. The first kappa shape index (κ1) is 17.0. The number of carbonyl (C=O) groups is 1. The summed E-state index contributed by atoms with van der Waals surface area (Å²) in [6.07, 6.45) is 1.12. The molecule has 0 saturated carbocycles. The molecule has 1 aromatic carbocycles.